The first-order valence-electron chi connectivity index (χ1n) is 7.16. The maximum absolute atomic E-state index is 12.8. The molecule has 1 saturated carbocycles. The van der Waals surface area contributed by atoms with Crippen molar-refractivity contribution >= 4 is 5.78 Å². The molecular weight excluding hydrogens is 252 g/mol. The number of Topliss-reactive ketones (excluding diaryl/α,β-unsaturated/α-hetero) is 1. The molecule has 0 saturated heterocycles. The van der Waals surface area contributed by atoms with E-state index in [2.05, 4.69) is 26.5 Å². The summed E-state index contributed by atoms with van der Waals surface area (Å²) in [7, 11) is 1.59. The average Bonchev–Trinajstić information content (AvgIpc) is 3.14. The van der Waals surface area contributed by atoms with Crippen LogP contribution in [0.2, 0.25) is 0 Å². The lowest BCUT2D eigenvalue weighted by atomic mass is 9.67. The van der Waals surface area contributed by atoms with Crippen molar-refractivity contribution in [2.75, 3.05) is 13.9 Å². The summed E-state index contributed by atoms with van der Waals surface area (Å²) >= 11 is 0. The molecule has 0 aromatic carbocycles. The molecule has 0 aromatic heterocycles. The minimum absolute atomic E-state index is 0.0566. The minimum atomic E-state index is -0.443. The standard InChI is InChI=1S/C17H22O3/c1-9(2)11-6-13-10(3)12-7-14(12)17(13,4)16(15(11)18)20-8-19-5/h6,12,14,16H,1,7-8H2,2-5H3/t12-,14-,16+,17-/m1/s1. The van der Waals surface area contributed by atoms with E-state index >= 15 is 0 Å². The zero-order chi connectivity index (χ0) is 14.7. The van der Waals surface area contributed by atoms with E-state index in [-0.39, 0.29) is 18.0 Å². The van der Waals surface area contributed by atoms with Crippen LogP contribution in [0.4, 0.5) is 0 Å². The Morgan fingerprint density at radius 2 is 2.25 bits per heavy atom. The summed E-state index contributed by atoms with van der Waals surface area (Å²) in [4.78, 5) is 12.8. The number of carbonyl (C=O) groups is 1. The van der Waals surface area contributed by atoms with Gasteiger partial charge in [0.15, 0.2) is 5.78 Å². The van der Waals surface area contributed by atoms with Gasteiger partial charge < -0.3 is 9.47 Å². The van der Waals surface area contributed by atoms with E-state index in [0.717, 1.165) is 5.57 Å². The van der Waals surface area contributed by atoms with Crippen molar-refractivity contribution in [3.63, 3.8) is 0 Å². The molecule has 0 aliphatic heterocycles. The van der Waals surface area contributed by atoms with Crippen LogP contribution in [0.5, 0.6) is 0 Å². The molecular formula is C17H22O3. The third kappa shape index (κ3) is 1.63. The number of ether oxygens (including phenoxy) is 2. The number of methoxy groups -OCH3 is 1. The van der Waals surface area contributed by atoms with Crippen LogP contribution < -0.4 is 0 Å². The smallest absolute Gasteiger partial charge is 0.192 e. The molecule has 0 radical (unpaired) electrons. The minimum Gasteiger partial charge on any atom is -0.359 e. The highest BCUT2D eigenvalue weighted by Crippen LogP contribution is 2.68. The van der Waals surface area contributed by atoms with Crippen LogP contribution >= 0.6 is 0 Å². The molecule has 3 rings (SSSR count). The second kappa shape index (κ2) is 4.40. The first-order chi connectivity index (χ1) is 9.42. The van der Waals surface area contributed by atoms with Crippen LogP contribution in [-0.4, -0.2) is 25.8 Å². The third-order valence-electron chi connectivity index (χ3n) is 5.27. The summed E-state index contributed by atoms with van der Waals surface area (Å²) in [6.07, 6.45) is 2.79. The molecule has 0 heterocycles. The van der Waals surface area contributed by atoms with Gasteiger partial charge in [-0.25, -0.2) is 0 Å². The van der Waals surface area contributed by atoms with Crippen molar-refractivity contribution < 1.29 is 14.3 Å². The molecule has 3 nitrogen and oxygen atoms in total. The number of hydrogen-bond acceptors (Lipinski definition) is 3. The van der Waals surface area contributed by atoms with Crippen LogP contribution in [0.15, 0.2) is 34.9 Å². The van der Waals surface area contributed by atoms with Crippen molar-refractivity contribution in [2.45, 2.75) is 33.3 Å². The van der Waals surface area contributed by atoms with Crippen LogP contribution in [0.1, 0.15) is 27.2 Å². The maximum Gasteiger partial charge on any atom is 0.192 e. The van der Waals surface area contributed by atoms with Crippen molar-refractivity contribution in [1.29, 1.82) is 0 Å². The van der Waals surface area contributed by atoms with E-state index in [4.69, 9.17) is 9.47 Å². The lowest BCUT2D eigenvalue weighted by Crippen LogP contribution is -2.46. The van der Waals surface area contributed by atoms with Crippen LogP contribution in [0.25, 0.3) is 0 Å². The number of rotatable bonds is 4. The van der Waals surface area contributed by atoms with E-state index in [0.29, 0.717) is 17.4 Å². The zero-order valence-electron chi connectivity index (χ0n) is 12.7. The van der Waals surface area contributed by atoms with Gasteiger partial charge in [0.25, 0.3) is 0 Å². The quantitative estimate of drug-likeness (QED) is 0.739. The monoisotopic (exact) mass is 274 g/mol. The predicted molar refractivity (Wildman–Crippen MR) is 77.1 cm³/mol. The Labute approximate surface area is 120 Å². The van der Waals surface area contributed by atoms with Gasteiger partial charge in [0, 0.05) is 18.1 Å². The summed E-state index contributed by atoms with van der Waals surface area (Å²) < 4.78 is 10.8. The van der Waals surface area contributed by atoms with Gasteiger partial charge in [-0.05, 0) is 49.3 Å². The van der Waals surface area contributed by atoms with E-state index in [1.54, 1.807) is 7.11 Å². The van der Waals surface area contributed by atoms with Gasteiger partial charge in [-0.1, -0.05) is 19.1 Å². The molecule has 0 bridgehead atoms. The number of ketones is 1. The Bertz CT molecular complexity index is 555. The first kappa shape index (κ1) is 13.8. The number of allylic oxidation sites excluding steroid dienone is 3. The third-order valence-corrected chi connectivity index (χ3v) is 5.27. The van der Waals surface area contributed by atoms with Crippen LogP contribution in [-0.2, 0) is 14.3 Å². The van der Waals surface area contributed by atoms with E-state index in [9.17, 15) is 4.79 Å². The lowest BCUT2D eigenvalue weighted by molar-refractivity contribution is -0.149. The van der Waals surface area contributed by atoms with Gasteiger partial charge in [0.1, 0.15) is 12.9 Å². The summed E-state index contributed by atoms with van der Waals surface area (Å²) in [5.41, 5.74) is 4.04. The fraction of sp³-hybridized carbons (Fsp3) is 0.588. The molecule has 1 fully saturated rings. The predicted octanol–water partition coefficient (Wildman–Crippen LogP) is 3.03. The molecule has 4 atom stereocenters. The Morgan fingerprint density at radius 3 is 2.85 bits per heavy atom. The summed E-state index contributed by atoms with van der Waals surface area (Å²) in [6.45, 7) is 10.3. The highest BCUT2D eigenvalue weighted by molar-refractivity contribution is 6.05. The highest BCUT2D eigenvalue weighted by atomic mass is 16.7. The maximum atomic E-state index is 12.8. The van der Waals surface area contributed by atoms with Gasteiger partial charge in [-0.2, -0.15) is 0 Å². The SMILES string of the molecule is C=C(C)C1=CC2=C(C)[C@H]3C[C@H]3[C@]2(C)[C@@H](OCOC)C1=O. The number of carbonyl (C=O) groups excluding carboxylic acids is 1. The molecule has 3 heteroatoms. The Morgan fingerprint density at radius 1 is 1.55 bits per heavy atom. The summed E-state index contributed by atoms with van der Waals surface area (Å²) in [6, 6.07) is 0. The second-order valence-electron chi connectivity index (χ2n) is 6.48. The van der Waals surface area contributed by atoms with Crippen molar-refractivity contribution in [3.05, 3.63) is 34.9 Å². The number of fused-ring (bicyclic) bond motifs is 3. The average molecular weight is 274 g/mol. The first-order valence-corrected chi connectivity index (χ1v) is 7.16. The molecule has 0 amide bonds. The fourth-order valence-electron chi connectivity index (χ4n) is 4.11. The molecule has 0 N–H and O–H groups in total. The van der Waals surface area contributed by atoms with Crippen LogP contribution in [0.3, 0.4) is 0 Å². The Balaban J connectivity index is 2.09. The number of hydrogen-bond donors (Lipinski definition) is 0. The summed E-state index contributed by atoms with van der Waals surface area (Å²) in [5, 5.41) is 0. The fourth-order valence-corrected chi connectivity index (χ4v) is 4.11. The van der Waals surface area contributed by atoms with Gasteiger partial charge >= 0.3 is 0 Å². The molecule has 3 aliphatic rings. The van der Waals surface area contributed by atoms with Gasteiger partial charge in [-0.3, -0.25) is 4.79 Å². The lowest BCUT2D eigenvalue weighted by Gasteiger charge is -2.40. The van der Waals surface area contributed by atoms with E-state index < -0.39 is 6.10 Å². The van der Waals surface area contributed by atoms with Gasteiger partial charge in [-0.15, -0.1) is 0 Å². The zero-order valence-corrected chi connectivity index (χ0v) is 12.7. The molecule has 0 unspecified atom stereocenters. The van der Waals surface area contributed by atoms with Crippen molar-refractivity contribution in [2.24, 2.45) is 17.3 Å². The second-order valence-corrected chi connectivity index (χ2v) is 6.48. The highest BCUT2D eigenvalue weighted by Gasteiger charge is 2.64. The van der Waals surface area contributed by atoms with Crippen molar-refractivity contribution in [3.8, 4) is 0 Å². The topological polar surface area (TPSA) is 35.5 Å². The Kier molecular flexibility index (Phi) is 3.03. The van der Waals surface area contributed by atoms with E-state index in [1.807, 2.05) is 6.92 Å². The van der Waals surface area contributed by atoms with E-state index in [1.165, 1.54) is 17.6 Å². The summed E-state index contributed by atoms with van der Waals surface area (Å²) in [5.74, 6) is 1.24. The Hall–Kier alpha value is -1.19. The molecule has 108 valence electrons. The van der Waals surface area contributed by atoms with Crippen LogP contribution in [0, 0.1) is 17.3 Å². The molecule has 3 aliphatic carbocycles. The largest absolute Gasteiger partial charge is 0.359 e. The van der Waals surface area contributed by atoms with Gasteiger partial charge in [0.2, 0.25) is 0 Å². The molecule has 20 heavy (non-hydrogen) atoms. The molecule has 0 spiro atoms. The van der Waals surface area contributed by atoms with Crippen molar-refractivity contribution in [1.82, 2.24) is 0 Å². The normalized spacial score (nSPS) is 38.5. The molecule has 0 aromatic rings. The van der Waals surface area contributed by atoms with Gasteiger partial charge in [0.05, 0.1) is 0 Å².